The van der Waals surface area contributed by atoms with Crippen molar-refractivity contribution in [2.24, 2.45) is 0 Å². The van der Waals surface area contributed by atoms with E-state index >= 15 is 0 Å². The van der Waals surface area contributed by atoms with Gasteiger partial charge in [-0.1, -0.05) is 12.1 Å². The van der Waals surface area contributed by atoms with E-state index in [-0.39, 0.29) is 28.6 Å². The second-order valence-electron chi connectivity index (χ2n) is 6.88. The minimum absolute atomic E-state index is 0.0520. The van der Waals surface area contributed by atoms with E-state index in [2.05, 4.69) is 10.6 Å². The van der Waals surface area contributed by atoms with Crippen LogP contribution in [0.2, 0.25) is 0 Å². The van der Waals surface area contributed by atoms with Crippen molar-refractivity contribution in [3.63, 3.8) is 0 Å². The number of carbonyl (C=O) groups excluding carboxylic acids is 2. The molecular formula is C22H18N4O6S. The molecule has 2 N–H and O–H groups in total. The first-order valence-corrected chi connectivity index (χ1v) is 10.5. The van der Waals surface area contributed by atoms with Crippen molar-refractivity contribution >= 4 is 46.3 Å². The topological polar surface area (TPSA) is 144 Å². The van der Waals surface area contributed by atoms with Crippen molar-refractivity contribution in [1.29, 1.82) is 0 Å². The number of thioether (sulfide) groups is 1. The van der Waals surface area contributed by atoms with Crippen LogP contribution in [0.4, 0.5) is 22.7 Å². The highest BCUT2D eigenvalue weighted by Crippen LogP contribution is 2.24. The minimum atomic E-state index is -0.572. The van der Waals surface area contributed by atoms with Crippen molar-refractivity contribution in [3.8, 4) is 0 Å². The lowest BCUT2D eigenvalue weighted by Crippen LogP contribution is -2.15. The molecular weight excluding hydrogens is 448 g/mol. The van der Waals surface area contributed by atoms with Crippen LogP contribution >= 0.6 is 11.8 Å². The first-order chi connectivity index (χ1) is 15.7. The molecule has 11 heteroatoms. The Morgan fingerprint density at radius 1 is 0.879 bits per heavy atom. The van der Waals surface area contributed by atoms with Gasteiger partial charge in [-0.3, -0.25) is 29.8 Å². The van der Waals surface area contributed by atoms with Gasteiger partial charge in [0.1, 0.15) is 0 Å². The third kappa shape index (κ3) is 6.37. The molecule has 0 saturated heterocycles. The Bertz CT molecular complexity index is 1250. The smallest absolute Gasteiger partial charge is 0.270 e. The Morgan fingerprint density at radius 3 is 2.27 bits per heavy atom. The van der Waals surface area contributed by atoms with E-state index in [9.17, 15) is 29.8 Å². The second kappa shape index (κ2) is 10.4. The number of aryl methyl sites for hydroxylation is 1. The van der Waals surface area contributed by atoms with E-state index in [1.807, 2.05) is 0 Å². The summed E-state index contributed by atoms with van der Waals surface area (Å²) in [6, 6.07) is 16.4. The van der Waals surface area contributed by atoms with Crippen LogP contribution in [0.25, 0.3) is 0 Å². The van der Waals surface area contributed by atoms with Crippen LogP contribution in [-0.2, 0) is 4.79 Å². The van der Waals surface area contributed by atoms with E-state index < -0.39 is 15.8 Å². The van der Waals surface area contributed by atoms with Gasteiger partial charge in [0, 0.05) is 46.1 Å². The molecule has 0 fully saturated rings. The lowest BCUT2D eigenvalue weighted by molar-refractivity contribution is -0.385. The number of rotatable bonds is 8. The Hall–Kier alpha value is -4.25. The zero-order valence-electron chi connectivity index (χ0n) is 17.3. The molecule has 0 heterocycles. The number of nitro groups is 2. The molecule has 33 heavy (non-hydrogen) atoms. The summed E-state index contributed by atoms with van der Waals surface area (Å²) in [6.07, 6.45) is 0. The number of carbonyl (C=O) groups is 2. The first kappa shape index (κ1) is 23.4. The van der Waals surface area contributed by atoms with Crippen molar-refractivity contribution < 1.29 is 19.4 Å². The van der Waals surface area contributed by atoms with Crippen LogP contribution in [0.15, 0.2) is 71.6 Å². The Labute approximate surface area is 192 Å². The van der Waals surface area contributed by atoms with Gasteiger partial charge in [0.05, 0.1) is 15.6 Å². The molecule has 10 nitrogen and oxygen atoms in total. The average Bonchev–Trinajstić information content (AvgIpc) is 2.79. The molecule has 0 unspecified atom stereocenters. The molecule has 0 aliphatic heterocycles. The van der Waals surface area contributed by atoms with Gasteiger partial charge in [-0.15, -0.1) is 11.8 Å². The highest BCUT2D eigenvalue weighted by atomic mass is 32.2. The van der Waals surface area contributed by atoms with Crippen molar-refractivity contribution in [2.45, 2.75) is 11.8 Å². The highest BCUT2D eigenvalue weighted by Gasteiger charge is 2.13. The molecule has 2 amide bonds. The van der Waals surface area contributed by atoms with E-state index in [1.165, 1.54) is 54.2 Å². The van der Waals surface area contributed by atoms with Crippen LogP contribution in [0, 0.1) is 27.2 Å². The van der Waals surface area contributed by atoms with Crippen LogP contribution < -0.4 is 10.6 Å². The summed E-state index contributed by atoms with van der Waals surface area (Å²) in [5.41, 5.74) is 1.46. The van der Waals surface area contributed by atoms with Crippen molar-refractivity contribution in [3.05, 3.63) is 98.1 Å². The summed E-state index contributed by atoms with van der Waals surface area (Å²) < 4.78 is 0. The largest absolute Gasteiger partial charge is 0.325 e. The predicted octanol–water partition coefficient (Wildman–Crippen LogP) is 4.79. The standard InChI is InChI=1S/C22H18N4O6S/c1-14-10-18(26(31)32)8-9-20(14)24-21(27)13-33-19-7-3-5-16(12-19)23-22(28)15-4-2-6-17(11-15)25(29)30/h2-12H,13H2,1H3,(H,23,28)(H,24,27). The van der Waals surface area contributed by atoms with Gasteiger partial charge in [-0.2, -0.15) is 0 Å². The summed E-state index contributed by atoms with van der Waals surface area (Å²) in [5, 5.41) is 27.1. The summed E-state index contributed by atoms with van der Waals surface area (Å²) >= 11 is 1.24. The summed E-state index contributed by atoms with van der Waals surface area (Å²) in [5.74, 6) is -0.700. The zero-order chi connectivity index (χ0) is 24.0. The van der Waals surface area contributed by atoms with Crippen LogP contribution in [0.3, 0.4) is 0 Å². The van der Waals surface area contributed by atoms with Crippen LogP contribution in [0.5, 0.6) is 0 Å². The van der Waals surface area contributed by atoms with Crippen LogP contribution in [-0.4, -0.2) is 27.4 Å². The number of nitrogens with one attached hydrogen (secondary N) is 2. The molecule has 0 aliphatic rings. The van der Waals surface area contributed by atoms with E-state index in [1.54, 1.807) is 31.2 Å². The van der Waals surface area contributed by atoms with E-state index in [0.29, 0.717) is 16.9 Å². The Kier molecular flexibility index (Phi) is 7.36. The molecule has 0 aromatic heterocycles. The number of hydrogen-bond acceptors (Lipinski definition) is 7. The van der Waals surface area contributed by atoms with Gasteiger partial charge in [-0.05, 0) is 42.8 Å². The molecule has 0 spiro atoms. The van der Waals surface area contributed by atoms with Crippen molar-refractivity contribution in [2.75, 3.05) is 16.4 Å². The number of non-ortho nitro benzene ring substituents is 2. The fraction of sp³-hybridized carbons (Fsp3) is 0.0909. The number of anilines is 2. The van der Waals surface area contributed by atoms with Gasteiger partial charge in [0.25, 0.3) is 17.3 Å². The maximum atomic E-state index is 12.4. The molecule has 3 aromatic carbocycles. The minimum Gasteiger partial charge on any atom is -0.325 e. The fourth-order valence-corrected chi connectivity index (χ4v) is 3.62. The predicted molar refractivity (Wildman–Crippen MR) is 125 cm³/mol. The number of hydrogen-bond donors (Lipinski definition) is 2. The van der Waals surface area contributed by atoms with Gasteiger partial charge < -0.3 is 10.6 Å². The fourth-order valence-electron chi connectivity index (χ4n) is 2.86. The van der Waals surface area contributed by atoms with E-state index in [0.717, 1.165) is 4.90 Å². The number of nitro benzene ring substituents is 2. The molecule has 0 aliphatic carbocycles. The lowest BCUT2D eigenvalue weighted by Gasteiger charge is -2.09. The first-order valence-electron chi connectivity index (χ1n) is 9.56. The normalized spacial score (nSPS) is 10.3. The van der Waals surface area contributed by atoms with Crippen LogP contribution in [0.1, 0.15) is 15.9 Å². The number of nitrogens with zero attached hydrogens (tertiary/aromatic N) is 2. The summed E-state index contributed by atoms with van der Waals surface area (Å²) in [7, 11) is 0. The third-order valence-corrected chi connectivity index (χ3v) is 5.47. The Balaban J connectivity index is 1.59. The van der Waals surface area contributed by atoms with Gasteiger partial charge in [0.15, 0.2) is 0 Å². The molecule has 3 rings (SSSR count). The monoisotopic (exact) mass is 466 g/mol. The second-order valence-corrected chi connectivity index (χ2v) is 7.93. The maximum absolute atomic E-state index is 12.4. The van der Waals surface area contributed by atoms with Gasteiger partial charge in [-0.25, -0.2) is 0 Å². The molecule has 0 atom stereocenters. The molecule has 0 radical (unpaired) electrons. The SMILES string of the molecule is Cc1cc([N+](=O)[O-])ccc1NC(=O)CSc1cccc(NC(=O)c2cccc([N+](=O)[O-])c2)c1. The lowest BCUT2D eigenvalue weighted by atomic mass is 10.2. The quantitative estimate of drug-likeness (QED) is 0.276. The Morgan fingerprint density at radius 2 is 1.58 bits per heavy atom. The molecule has 0 bridgehead atoms. The highest BCUT2D eigenvalue weighted by molar-refractivity contribution is 8.00. The molecule has 3 aromatic rings. The summed E-state index contributed by atoms with van der Waals surface area (Å²) in [4.78, 5) is 46.1. The number of amides is 2. The zero-order valence-corrected chi connectivity index (χ0v) is 18.1. The van der Waals surface area contributed by atoms with E-state index in [4.69, 9.17) is 0 Å². The average molecular weight is 466 g/mol. The maximum Gasteiger partial charge on any atom is 0.270 e. The molecule has 0 saturated carbocycles. The van der Waals surface area contributed by atoms with Gasteiger partial charge in [0.2, 0.25) is 5.91 Å². The summed E-state index contributed by atoms with van der Waals surface area (Å²) in [6.45, 7) is 1.67. The van der Waals surface area contributed by atoms with Crippen molar-refractivity contribution in [1.82, 2.24) is 0 Å². The third-order valence-electron chi connectivity index (χ3n) is 4.48. The molecule has 168 valence electrons. The van der Waals surface area contributed by atoms with Gasteiger partial charge >= 0.3 is 0 Å². The number of benzene rings is 3.